The first kappa shape index (κ1) is 23.5. The maximum Gasteiger partial charge on any atom is 0.237 e. The summed E-state index contributed by atoms with van der Waals surface area (Å²) >= 11 is 0. The minimum Gasteiger partial charge on any atom is -0.457 e. The number of fused-ring (bicyclic) bond motifs is 1. The summed E-state index contributed by atoms with van der Waals surface area (Å²) in [6.07, 6.45) is 4.20. The van der Waals surface area contributed by atoms with Crippen LogP contribution in [0, 0.1) is 11.3 Å². The molecule has 1 aliphatic rings. The normalized spacial score (nSPS) is 15.7. The second kappa shape index (κ2) is 9.43. The fourth-order valence-corrected chi connectivity index (χ4v) is 5.10. The summed E-state index contributed by atoms with van der Waals surface area (Å²) in [5, 5.41) is 9.05. The second-order valence-electron chi connectivity index (χ2n) is 8.63. The number of amides is 1. The summed E-state index contributed by atoms with van der Waals surface area (Å²) < 4.78 is 29.9. The first-order chi connectivity index (χ1) is 17.3. The Morgan fingerprint density at radius 2 is 2.03 bits per heavy atom. The van der Waals surface area contributed by atoms with Crippen molar-refractivity contribution < 1.29 is 17.9 Å². The standard InChI is InChI=1S/C26H23N5O4S/c1-36(33,34)18-9-7-17(8-10-18)35-24-16-22-21(29-26(30-22)20-5-2-3-13-28-20)15-19(24)23-6-4-14-31(23)25(32)11-12-27/h2-3,5,7-10,13,15-16,23H,4,6,11,14H2,1H3,(H,29,30). The Morgan fingerprint density at radius 3 is 2.72 bits per heavy atom. The number of rotatable bonds is 6. The molecule has 0 bridgehead atoms. The minimum atomic E-state index is -3.33. The molecular formula is C26H23N5O4S. The molecule has 0 radical (unpaired) electrons. The molecule has 0 saturated carbocycles. The predicted molar refractivity (Wildman–Crippen MR) is 133 cm³/mol. The summed E-state index contributed by atoms with van der Waals surface area (Å²) in [6.45, 7) is 0.563. The van der Waals surface area contributed by atoms with E-state index in [9.17, 15) is 13.2 Å². The zero-order valence-electron chi connectivity index (χ0n) is 19.5. The van der Waals surface area contributed by atoms with Gasteiger partial charge < -0.3 is 14.6 Å². The summed E-state index contributed by atoms with van der Waals surface area (Å²) in [5.41, 5.74) is 2.91. The van der Waals surface area contributed by atoms with Gasteiger partial charge in [-0.1, -0.05) is 6.07 Å². The van der Waals surface area contributed by atoms with E-state index >= 15 is 0 Å². The van der Waals surface area contributed by atoms with Crippen molar-refractivity contribution in [2.45, 2.75) is 30.2 Å². The molecule has 1 N–H and O–H groups in total. The van der Waals surface area contributed by atoms with E-state index in [4.69, 9.17) is 10.00 Å². The largest absolute Gasteiger partial charge is 0.457 e. The molecule has 1 saturated heterocycles. The lowest BCUT2D eigenvalue weighted by Crippen LogP contribution is -2.30. The van der Waals surface area contributed by atoms with Gasteiger partial charge in [0.1, 0.15) is 23.6 Å². The van der Waals surface area contributed by atoms with Crippen molar-refractivity contribution in [3.05, 3.63) is 66.4 Å². The maximum atomic E-state index is 12.7. The third-order valence-electron chi connectivity index (χ3n) is 6.16. The number of nitrogens with zero attached hydrogens (tertiary/aromatic N) is 4. The molecule has 36 heavy (non-hydrogen) atoms. The van der Waals surface area contributed by atoms with Gasteiger partial charge in [-0.05, 0) is 55.3 Å². The lowest BCUT2D eigenvalue weighted by Gasteiger charge is -2.26. The monoisotopic (exact) mass is 501 g/mol. The average Bonchev–Trinajstić information content (AvgIpc) is 3.51. The molecule has 9 nitrogen and oxygen atoms in total. The highest BCUT2D eigenvalue weighted by molar-refractivity contribution is 7.90. The molecule has 2 aromatic heterocycles. The number of nitriles is 1. The Balaban J connectivity index is 1.59. The molecule has 0 spiro atoms. The Hall–Kier alpha value is -4.23. The van der Waals surface area contributed by atoms with Gasteiger partial charge in [0, 0.05) is 30.6 Å². The van der Waals surface area contributed by atoms with Crippen molar-refractivity contribution in [2.75, 3.05) is 12.8 Å². The van der Waals surface area contributed by atoms with Gasteiger partial charge >= 0.3 is 0 Å². The van der Waals surface area contributed by atoms with E-state index in [2.05, 4.69) is 15.0 Å². The number of hydrogen-bond donors (Lipinski definition) is 1. The second-order valence-corrected chi connectivity index (χ2v) is 10.6. The van der Waals surface area contributed by atoms with Crippen molar-refractivity contribution in [1.82, 2.24) is 19.9 Å². The fourth-order valence-electron chi connectivity index (χ4n) is 4.47. The van der Waals surface area contributed by atoms with E-state index in [1.165, 1.54) is 12.1 Å². The first-order valence-electron chi connectivity index (χ1n) is 11.4. The average molecular weight is 502 g/mol. The van der Waals surface area contributed by atoms with Crippen LogP contribution in [0.4, 0.5) is 0 Å². The third-order valence-corrected chi connectivity index (χ3v) is 7.29. The van der Waals surface area contributed by atoms with Crippen LogP contribution in [0.3, 0.4) is 0 Å². The summed E-state index contributed by atoms with van der Waals surface area (Å²) in [4.78, 5) is 26.9. The Morgan fingerprint density at radius 1 is 1.22 bits per heavy atom. The summed E-state index contributed by atoms with van der Waals surface area (Å²) in [6, 6.07) is 17.2. The molecule has 1 amide bonds. The summed E-state index contributed by atoms with van der Waals surface area (Å²) in [5.74, 6) is 1.35. The molecular weight excluding hydrogens is 478 g/mol. The van der Waals surface area contributed by atoms with Crippen LogP contribution in [0.25, 0.3) is 22.6 Å². The number of aromatic nitrogens is 3. The number of sulfone groups is 1. The van der Waals surface area contributed by atoms with Crippen LogP contribution in [-0.4, -0.2) is 47.0 Å². The first-order valence-corrected chi connectivity index (χ1v) is 13.3. The summed E-state index contributed by atoms with van der Waals surface area (Å²) in [7, 11) is -3.33. The molecule has 1 unspecified atom stereocenters. The van der Waals surface area contributed by atoms with E-state index in [0.717, 1.165) is 30.2 Å². The van der Waals surface area contributed by atoms with Gasteiger partial charge in [-0.15, -0.1) is 0 Å². The van der Waals surface area contributed by atoms with E-state index in [1.807, 2.05) is 36.4 Å². The molecule has 1 fully saturated rings. The highest BCUT2D eigenvalue weighted by Gasteiger charge is 2.32. The van der Waals surface area contributed by atoms with Gasteiger partial charge in [0.2, 0.25) is 5.91 Å². The van der Waals surface area contributed by atoms with Crippen LogP contribution in [-0.2, 0) is 14.6 Å². The van der Waals surface area contributed by atoms with Crippen LogP contribution >= 0.6 is 0 Å². The van der Waals surface area contributed by atoms with Gasteiger partial charge in [-0.3, -0.25) is 9.78 Å². The lowest BCUT2D eigenvalue weighted by atomic mass is 10.0. The number of hydrogen-bond acceptors (Lipinski definition) is 7. The SMILES string of the molecule is CS(=O)(=O)c1ccc(Oc2cc3nc(-c4ccccn4)[nH]c3cc2C2CCCN2C(=O)CC#N)cc1. The van der Waals surface area contributed by atoms with E-state index < -0.39 is 9.84 Å². The number of imidazole rings is 1. The highest BCUT2D eigenvalue weighted by atomic mass is 32.2. The molecule has 1 atom stereocenters. The number of pyridine rings is 1. The molecule has 1 aliphatic heterocycles. The van der Waals surface area contributed by atoms with Crippen molar-refractivity contribution in [2.24, 2.45) is 0 Å². The Labute approximate surface area is 208 Å². The topological polar surface area (TPSA) is 129 Å². The Kier molecular flexibility index (Phi) is 6.16. The van der Waals surface area contributed by atoms with Gasteiger partial charge in [0.15, 0.2) is 15.7 Å². The zero-order valence-corrected chi connectivity index (χ0v) is 20.3. The number of H-pyrrole nitrogens is 1. The van der Waals surface area contributed by atoms with Crippen LogP contribution in [0.2, 0.25) is 0 Å². The highest BCUT2D eigenvalue weighted by Crippen LogP contribution is 2.41. The quantitative estimate of drug-likeness (QED) is 0.415. The number of nitrogens with one attached hydrogen (secondary N) is 1. The van der Waals surface area contributed by atoms with Crippen molar-refractivity contribution >= 4 is 26.8 Å². The number of aromatic amines is 1. The molecule has 182 valence electrons. The smallest absolute Gasteiger partial charge is 0.237 e. The van der Waals surface area contributed by atoms with E-state index in [0.29, 0.717) is 35.1 Å². The van der Waals surface area contributed by atoms with Crippen LogP contribution in [0.5, 0.6) is 11.5 Å². The zero-order chi connectivity index (χ0) is 25.3. The lowest BCUT2D eigenvalue weighted by molar-refractivity contribution is -0.131. The molecule has 4 aromatic rings. The predicted octanol–water partition coefficient (Wildman–Crippen LogP) is 4.40. The van der Waals surface area contributed by atoms with Crippen molar-refractivity contribution in [3.63, 3.8) is 0 Å². The van der Waals surface area contributed by atoms with E-state index in [1.54, 1.807) is 23.2 Å². The molecule has 5 rings (SSSR count). The molecule has 0 aliphatic carbocycles. The van der Waals surface area contributed by atoms with Gasteiger partial charge in [0.25, 0.3) is 0 Å². The van der Waals surface area contributed by atoms with Gasteiger partial charge in [0.05, 0.1) is 28.0 Å². The molecule has 10 heteroatoms. The number of carbonyl (C=O) groups excluding carboxylic acids is 1. The van der Waals surface area contributed by atoms with Crippen LogP contribution in [0.15, 0.2) is 65.7 Å². The minimum absolute atomic E-state index is 0.185. The van der Waals surface area contributed by atoms with Gasteiger partial charge in [-0.2, -0.15) is 5.26 Å². The fraction of sp³-hybridized carbons (Fsp3) is 0.231. The molecule has 2 aromatic carbocycles. The number of likely N-dealkylation sites (tertiary alicyclic amines) is 1. The number of carbonyl (C=O) groups is 1. The number of ether oxygens (including phenoxy) is 1. The van der Waals surface area contributed by atoms with E-state index in [-0.39, 0.29) is 23.3 Å². The number of benzene rings is 2. The van der Waals surface area contributed by atoms with Crippen molar-refractivity contribution in [1.29, 1.82) is 5.26 Å². The Bertz CT molecular complexity index is 1570. The van der Waals surface area contributed by atoms with Crippen LogP contribution < -0.4 is 4.74 Å². The van der Waals surface area contributed by atoms with Gasteiger partial charge in [-0.25, -0.2) is 13.4 Å². The van der Waals surface area contributed by atoms with Crippen molar-refractivity contribution in [3.8, 4) is 29.1 Å². The maximum absolute atomic E-state index is 12.7. The third kappa shape index (κ3) is 4.65. The molecule has 3 heterocycles. The van der Waals surface area contributed by atoms with Crippen LogP contribution in [0.1, 0.15) is 30.9 Å².